The van der Waals surface area contributed by atoms with Gasteiger partial charge >= 0.3 is 5.69 Å². The van der Waals surface area contributed by atoms with Gasteiger partial charge < -0.3 is 10.4 Å². The molecule has 0 fully saturated rings. The Morgan fingerprint density at radius 2 is 1.96 bits per heavy atom. The number of amides is 1. The number of rotatable bonds is 4. The smallest absolute Gasteiger partial charge is 0.311 e. The van der Waals surface area contributed by atoms with Crippen LogP contribution >= 0.6 is 0 Å². The first-order valence-corrected chi connectivity index (χ1v) is 6.76. The maximum Gasteiger partial charge on any atom is 0.311 e. The molecule has 0 bridgehead atoms. The van der Waals surface area contributed by atoms with E-state index >= 15 is 0 Å². The van der Waals surface area contributed by atoms with E-state index in [0.29, 0.717) is 16.9 Å². The van der Waals surface area contributed by atoms with E-state index in [1.165, 1.54) is 19.2 Å². The lowest BCUT2D eigenvalue weighted by Gasteiger charge is -2.03. The lowest BCUT2D eigenvalue weighted by atomic mass is 10.1. The molecular weight excluding hydrogens is 298 g/mol. The van der Waals surface area contributed by atoms with Crippen LogP contribution in [0.1, 0.15) is 18.1 Å². The Labute approximate surface area is 132 Å². The van der Waals surface area contributed by atoms with Crippen LogP contribution in [0.2, 0.25) is 0 Å². The number of nitrogens with zero attached hydrogens (tertiary/aromatic N) is 2. The van der Waals surface area contributed by atoms with Gasteiger partial charge in [-0.25, -0.2) is 0 Å². The van der Waals surface area contributed by atoms with Gasteiger partial charge in [-0.2, -0.15) is 0 Å². The molecule has 0 unspecified atom stereocenters. The SMILES string of the molecule is CC(=O)Nc1ccc(N=Cc2cc(C)cc([N+](=O)[O-])c2O)cc1. The van der Waals surface area contributed by atoms with Crippen LogP contribution in [0.25, 0.3) is 0 Å². The fourth-order valence-electron chi connectivity index (χ4n) is 2.00. The summed E-state index contributed by atoms with van der Waals surface area (Å²) in [5.41, 5.74) is 1.79. The van der Waals surface area contributed by atoms with Gasteiger partial charge in [0.2, 0.25) is 11.7 Å². The molecule has 7 nitrogen and oxygen atoms in total. The normalized spacial score (nSPS) is 10.7. The highest BCUT2D eigenvalue weighted by Gasteiger charge is 2.16. The molecule has 2 aromatic carbocycles. The highest BCUT2D eigenvalue weighted by molar-refractivity contribution is 5.89. The van der Waals surface area contributed by atoms with Crippen LogP contribution in [0.3, 0.4) is 0 Å². The molecular formula is C16H15N3O4. The van der Waals surface area contributed by atoms with E-state index in [4.69, 9.17) is 0 Å². The minimum atomic E-state index is -0.637. The van der Waals surface area contributed by atoms with Crippen LogP contribution in [0.4, 0.5) is 17.1 Å². The molecule has 0 heterocycles. The van der Waals surface area contributed by atoms with Crippen molar-refractivity contribution in [2.24, 2.45) is 4.99 Å². The van der Waals surface area contributed by atoms with Gasteiger partial charge in [-0.1, -0.05) is 0 Å². The monoisotopic (exact) mass is 313 g/mol. The van der Waals surface area contributed by atoms with Crippen molar-refractivity contribution in [1.29, 1.82) is 0 Å². The number of phenols is 1. The highest BCUT2D eigenvalue weighted by Crippen LogP contribution is 2.30. The Morgan fingerprint density at radius 3 is 2.52 bits per heavy atom. The number of hydrogen-bond acceptors (Lipinski definition) is 5. The number of nitrogens with one attached hydrogen (secondary N) is 1. The van der Waals surface area contributed by atoms with Gasteiger partial charge in [0.15, 0.2) is 0 Å². The predicted octanol–water partition coefficient (Wildman–Crippen LogP) is 3.32. The summed E-state index contributed by atoms with van der Waals surface area (Å²) in [7, 11) is 0. The third-order valence-corrected chi connectivity index (χ3v) is 3.00. The van der Waals surface area contributed by atoms with Gasteiger partial charge in [0.1, 0.15) is 0 Å². The van der Waals surface area contributed by atoms with Gasteiger partial charge in [0.25, 0.3) is 0 Å². The third-order valence-electron chi connectivity index (χ3n) is 3.00. The molecule has 0 saturated carbocycles. The molecule has 2 aromatic rings. The molecule has 1 amide bonds. The maximum absolute atomic E-state index is 10.9. The number of anilines is 1. The average Bonchev–Trinajstić information content (AvgIpc) is 2.48. The van der Waals surface area contributed by atoms with Crippen molar-refractivity contribution in [1.82, 2.24) is 0 Å². The van der Waals surface area contributed by atoms with Crippen molar-refractivity contribution in [3.63, 3.8) is 0 Å². The zero-order valence-electron chi connectivity index (χ0n) is 12.6. The van der Waals surface area contributed by atoms with Crippen LogP contribution in [-0.2, 0) is 4.79 Å². The molecule has 23 heavy (non-hydrogen) atoms. The van der Waals surface area contributed by atoms with Crippen LogP contribution in [0.5, 0.6) is 5.75 Å². The van der Waals surface area contributed by atoms with E-state index < -0.39 is 10.7 Å². The Bertz CT molecular complexity index is 783. The molecule has 2 N–H and O–H groups in total. The summed E-state index contributed by atoms with van der Waals surface area (Å²) in [6.07, 6.45) is 1.36. The summed E-state index contributed by atoms with van der Waals surface area (Å²) >= 11 is 0. The Hall–Kier alpha value is -3.22. The summed E-state index contributed by atoms with van der Waals surface area (Å²) in [6.45, 7) is 3.12. The van der Waals surface area contributed by atoms with Crippen molar-refractivity contribution >= 4 is 29.2 Å². The highest BCUT2D eigenvalue weighted by atomic mass is 16.6. The van der Waals surface area contributed by atoms with Gasteiger partial charge in [-0.15, -0.1) is 0 Å². The minimum Gasteiger partial charge on any atom is -0.502 e. The Balaban J connectivity index is 2.26. The first kappa shape index (κ1) is 16.2. The topological polar surface area (TPSA) is 105 Å². The van der Waals surface area contributed by atoms with Gasteiger partial charge in [-0.05, 0) is 42.8 Å². The molecule has 2 rings (SSSR count). The molecule has 0 aliphatic heterocycles. The molecule has 0 spiro atoms. The van der Waals surface area contributed by atoms with Gasteiger partial charge in [0, 0.05) is 30.5 Å². The van der Waals surface area contributed by atoms with Gasteiger partial charge in [-0.3, -0.25) is 19.9 Å². The number of carbonyl (C=O) groups is 1. The van der Waals surface area contributed by atoms with Crippen LogP contribution in [0.15, 0.2) is 41.4 Å². The minimum absolute atomic E-state index is 0.168. The molecule has 0 aliphatic carbocycles. The Kier molecular flexibility index (Phi) is 4.70. The predicted molar refractivity (Wildman–Crippen MR) is 87.5 cm³/mol. The van der Waals surface area contributed by atoms with E-state index in [0.717, 1.165) is 0 Å². The second-order valence-corrected chi connectivity index (χ2v) is 4.97. The van der Waals surface area contributed by atoms with Crippen LogP contribution < -0.4 is 5.32 Å². The summed E-state index contributed by atoms with van der Waals surface area (Å²) < 4.78 is 0. The lowest BCUT2D eigenvalue weighted by Crippen LogP contribution is -2.04. The zero-order valence-corrected chi connectivity index (χ0v) is 12.6. The average molecular weight is 313 g/mol. The number of carbonyl (C=O) groups excluding carboxylic acids is 1. The number of phenolic OH excluding ortho intramolecular Hbond substituents is 1. The first-order chi connectivity index (χ1) is 10.9. The number of hydrogen-bond donors (Lipinski definition) is 2. The number of aryl methyl sites for hydroxylation is 1. The van der Waals surface area contributed by atoms with E-state index in [2.05, 4.69) is 10.3 Å². The Morgan fingerprint density at radius 1 is 1.30 bits per heavy atom. The fraction of sp³-hybridized carbons (Fsp3) is 0.125. The van der Waals surface area contributed by atoms with Crippen molar-refractivity contribution in [2.75, 3.05) is 5.32 Å². The largest absolute Gasteiger partial charge is 0.502 e. The van der Waals surface area contributed by atoms with Crippen molar-refractivity contribution in [2.45, 2.75) is 13.8 Å². The molecule has 7 heteroatoms. The van der Waals surface area contributed by atoms with Crippen molar-refractivity contribution in [3.05, 3.63) is 57.6 Å². The van der Waals surface area contributed by atoms with E-state index in [1.807, 2.05) is 0 Å². The maximum atomic E-state index is 10.9. The van der Waals surface area contributed by atoms with E-state index in [1.54, 1.807) is 37.3 Å². The standard InChI is InChI=1S/C16H15N3O4/c1-10-7-12(16(21)15(8-10)19(22)23)9-17-13-3-5-14(6-4-13)18-11(2)20/h3-9,21H,1-2H3,(H,18,20). The fourth-order valence-corrected chi connectivity index (χ4v) is 2.00. The zero-order chi connectivity index (χ0) is 17.0. The summed E-state index contributed by atoms with van der Waals surface area (Å²) in [6, 6.07) is 9.65. The number of aromatic hydroxyl groups is 1. The third kappa shape index (κ3) is 4.13. The number of nitro benzene ring substituents is 1. The van der Waals surface area contributed by atoms with Crippen LogP contribution in [-0.4, -0.2) is 22.2 Å². The summed E-state index contributed by atoms with van der Waals surface area (Å²) in [5.74, 6) is -0.586. The molecule has 0 radical (unpaired) electrons. The van der Waals surface area contributed by atoms with Crippen molar-refractivity contribution < 1.29 is 14.8 Å². The first-order valence-electron chi connectivity index (χ1n) is 6.76. The number of nitro groups is 1. The molecule has 118 valence electrons. The summed E-state index contributed by atoms with van der Waals surface area (Å²) in [5, 5.41) is 23.5. The molecule has 0 aliphatic rings. The van der Waals surface area contributed by atoms with E-state index in [9.17, 15) is 20.0 Å². The second-order valence-electron chi connectivity index (χ2n) is 4.97. The van der Waals surface area contributed by atoms with E-state index in [-0.39, 0.29) is 17.2 Å². The summed E-state index contributed by atoms with van der Waals surface area (Å²) in [4.78, 5) is 25.4. The van der Waals surface area contributed by atoms with Crippen molar-refractivity contribution in [3.8, 4) is 5.75 Å². The van der Waals surface area contributed by atoms with Gasteiger partial charge in [0.05, 0.1) is 10.6 Å². The molecule has 0 aromatic heterocycles. The molecule has 0 saturated heterocycles. The number of benzene rings is 2. The second kappa shape index (κ2) is 6.69. The quantitative estimate of drug-likeness (QED) is 0.513. The lowest BCUT2D eigenvalue weighted by molar-refractivity contribution is -0.385. The van der Waals surface area contributed by atoms with Crippen LogP contribution in [0, 0.1) is 17.0 Å². The molecule has 0 atom stereocenters. The number of aliphatic imine (C=N–C) groups is 1.